The topological polar surface area (TPSA) is 59.6 Å². The molecule has 0 bridgehead atoms. The Hall–Kier alpha value is -2.05. The first-order valence-corrected chi connectivity index (χ1v) is 7.60. The van der Waals surface area contributed by atoms with Crippen LogP contribution in [0.5, 0.6) is 11.5 Å². The van der Waals surface area contributed by atoms with Crippen LogP contribution in [0, 0.1) is 0 Å². The fourth-order valence-electron chi connectivity index (χ4n) is 2.99. The summed E-state index contributed by atoms with van der Waals surface area (Å²) in [5.74, 6) is 1.68. The van der Waals surface area contributed by atoms with Gasteiger partial charge in [0, 0.05) is 19.3 Å². The summed E-state index contributed by atoms with van der Waals surface area (Å²) < 4.78 is 16.9. The minimum atomic E-state index is 0.212. The van der Waals surface area contributed by atoms with E-state index in [1.54, 1.807) is 6.20 Å². The fraction of sp³-hybridized carbons (Fsp3) is 0.438. The van der Waals surface area contributed by atoms with Crippen molar-refractivity contribution in [2.75, 3.05) is 33.0 Å². The molecule has 1 fully saturated rings. The van der Waals surface area contributed by atoms with Crippen molar-refractivity contribution in [2.45, 2.75) is 12.6 Å². The van der Waals surface area contributed by atoms with E-state index in [1.165, 1.54) is 5.56 Å². The third-order valence-electron chi connectivity index (χ3n) is 4.11. The summed E-state index contributed by atoms with van der Waals surface area (Å²) in [5.41, 5.74) is 2.31. The molecule has 2 aliphatic rings. The Balaban J connectivity index is 1.53. The third kappa shape index (κ3) is 2.67. The Bertz CT molecular complexity index is 630. The molecule has 6 nitrogen and oxygen atoms in total. The van der Waals surface area contributed by atoms with Crippen LogP contribution in [-0.2, 0) is 11.3 Å². The first kappa shape index (κ1) is 13.6. The molecule has 3 heterocycles. The second-order valence-corrected chi connectivity index (χ2v) is 5.55. The number of hydrogen-bond donors (Lipinski definition) is 1. The smallest absolute Gasteiger partial charge is 0.161 e. The number of ether oxygens (including phenoxy) is 3. The number of aromatic nitrogens is 2. The van der Waals surface area contributed by atoms with E-state index in [4.69, 9.17) is 14.2 Å². The SMILES string of the molecule is c1cc(C2COCCN2Cc2ccc3c(c2)OCCO3)[nH]n1. The van der Waals surface area contributed by atoms with Crippen LogP contribution in [0.1, 0.15) is 17.3 Å². The Morgan fingerprint density at radius 3 is 2.91 bits per heavy atom. The molecule has 6 heteroatoms. The van der Waals surface area contributed by atoms with Crippen molar-refractivity contribution in [3.63, 3.8) is 0 Å². The fourth-order valence-corrected chi connectivity index (χ4v) is 2.99. The van der Waals surface area contributed by atoms with Crippen molar-refractivity contribution < 1.29 is 14.2 Å². The maximum atomic E-state index is 5.67. The highest BCUT2D eigenvalue weighted by Crippen LogP contribution is 2.32. The molecule has 1 aromatic heterocycles. The molecule has 1 aromatic carbocycles. The lowest BCUT2D eigenvalue weighted by Crippen LogP contribution is -2.39. The molecular weight excluding hydrogens is 282 g/mol. The number of H-pyrrole nitrogens is 1. The van der Waals surface area contributed by atoms with Crippen molar-refractivity contribution in [1.82, 2.24) is 15.1 Å². The molecule has 0 radical (unpaired) electrons. The summed E-state index contributed by atoms with van der Waals surface area (Å²) in [4.78, 5) is 2.41. The van der Waals surface area contributed by atoms with E-state index in [-0.39, 0.29) is 6.04 Å². The zero-order valence-corrected chi connectivity index (χ0v) is 12.3. The number of hydrogen-bond acceptors (Lipinski definition) is 5. The number of rotatable bonds is 3. The van der Waals surface area contributed by atoms with E-state index >= 15 is 0 Å². The number of nitrogens with zero attached hydrogens (tertiary/aromatic N) is 2. The van der Waals surface area contributed by atoms with E-state index in [0.29, 0.717) is 19.8 Å². The minimum absolute atomic E-state index is 0.212. The molecule has 1 N–H and O–H groups in total. The summed E-state index contributed by atoms with van der Waals surface area (Å²) in [6.45, 7) is 4.44. The van der Waals surface area contributed by atoms with Crippen LogP contribution < -0.4 is 9.47 Å². The standard InChI is InChI=1S/C16H19N3O3/c1-2-15-16(22-8-7-21-15)9-12(1)10-19-5-6-20-11-14(19)13-3-4-17-18-13/h1-4,9,14H,5-8,10-11H2,(H,17,18). The molecular formula is C16H19N3O3. The van der Waals surface area contributed by atoms with E-state index < -0.39 is 0 Å². The summed E-state index contributed by atoms with van der Waals surface area (Å²) in [7, 11) is 0. The van der Waals surface area contributed by atoms with Gasteiger partial charge in [-0.25, -0.2) is 0 Å². The summed E-state index contributed by atoms with van der Waals surface area (Å²) >= 11 is 0. The highest BCUT2D eigenvalue weighted by atomic mass is 16.6. The molecule has 0 spiro atoms. The predicted molar refractivity (Wildman–Crippen MR) is 80.0 cm³/mol. The maximum absolute atomic E-state index is 5.67. The van der Waals surface area contributed by atoms with Crippen LogP contribution in [0.15, 0.2) is 30.5 Å². The number of aromatic amines is 1. The maximum Gasteiger partial charge on any atom is 0.161 e. The number of morpholine rings is 1. The van der Waals surface area contributed by atoms with Crippen LogP contribution >= 0.6 is 0 Å². The van der Waals surface area contributed by atoms with Gasteiger partial charge in [-0.05, 0) is 23.8 Å². The largest absolute Gasteiger partial charge is 0.486 e. The number of fused-ring (bicyclic) bond motifs is 1. The molecule has 4 rings (SSSR count). The van der Waals surface area contributed by atoms with Gasteiger partial charge in [0.1, 0.15) is 13.2 Å². The van der Waals surface area contributed by atoms with Gasteiger partial charge in [0.25, 0.3) is 0 Å². The van der Waals surface area contributed by atoms with Crippen LogP contribution in [0.2, 0.25) is 0 Å². The second-order valence-electron chi connectivity index (χ2n) is 5.55. The normalized spacial score (nSPS) is 21.7. The van der Waals surface area contributed by atoms with E-state index in [9.17, 15) is 0 Å². The Morgan fingerprint density at radius 1 is 1.14 bits per heavy atom. The molecule has 1 saturated heterocycles. The zero-order valence-electron chi connectivity index (χ0n) is 12.3. The van der Waals surface area contributed by atoms with Gasteiger partial charge in [0.15, 0.2) is 11.5 Å². The van der Waals surface area contributed by atoms with Gasteiger partial charge in [0.2, 0.25) is 0 Å². The Morgan fingerprint density at radius 2 is 2.05 bits per heavy atom. The third-order valence-corrected chi connectivity index (χ3v) is 4.11. The van der Waals surface area contributed by atoms with E-state index in [1.807, 2.05) is 12.1 Å². The monoisotopic (exact) mass is 301 g/mol. The van der Waals surface area contributed by atoms with Crippen molar-refractivity contribution in [1.29, 1.82) is 0 Å². The highest BCUT2D eigenvalue weighted by molar-refractivity contribution is 5.43. The molecule has 2 aromatic rings. The molecule has 22 heavy (non-hydrogen) atoms. The molecule has 0 aliphatic carbocycles. The van der Waals surface area contributed by atoms with Crippen molar-refractivity contribution in [3.05, 3.63) is 41.7 Å². The highest BCUT2D eigenvalue weighted by Gasteiger charge is 2.26. The average molecular weight is 301 g/mol. The van der Waals surface area contributed by atoms with E-state index in [0.717, 1.165) is 36.9 Å². The average Bonchev–Trinajstić information content (AvgIpc) is 3.10. The van der Waals surface area contributed by atoms with Crippen LogP contribution in [0.3, 0.4) is 0 Å². The zero-order chi connectivity index (χ0) is 14.8. The number of nitrogens with one attached hydrogen (secondary N) is 1. The lowest BCUT2D eigenvalue weighted by atomic mass is 10.1. The lowest BCUT2D eigenvalue weighted by Gasteiger charge is -2.35. The quantitative estimate of drug-likeness (QED) is 0.936. The summed E-state index contributed by atoms with van der Waals surface area (Å²) in [6, 6.07) is 8.40. The van der Waals surface area contributed by atoms with Gasteiger partial charge in [-0.2, -0.15) is 5.10 Å². The van der Waals surface area contributed by atoms with Gasteiger partial charge in [-0.15, -0.1) is 0 Å². The van der Waals surface area contributed by atoms with Crippen molar-refractivity contribution in [3.8, 4) is 11.5 Å². The molecule has 1 unspecified atom stereocenters. The van der Waals surface area contributed by atoms with E-state index in [2.05, 4.69) is 27.2 Å². The molecule has 0 saturated carbocycles. The minimum Gasteiger partial charge on any atom is -0.486 e. The predicted octanol–water partition coefficient (Wildman–Crippen LogP) is 1.75. The number of benzene rings is 1. The van der Waals surface area contributed by atoms with Crippen LogP contribution in [-0.4, -0.2) is 48.1 Å². The Labute approximate surface area is 129 Å². The molecule has 1 atom stereocenters. The van der Waals surface area contributed by atoms with Crippen LogP contribution in [0.4, 0.5) is 0 Å². The second kappa shape index (κ2) is 5.98. The van der Waals surface area contributed by atoms with Gasteiger partial charge in [-0.3, -0.25) is 10.00 Å². The Kier molecular flexibility index (Phi) is 3.70. The van der Waals surface area contributed by atoms with Crippen molar-refractivity contribution >= 4 is 0 Å². The van der Waals surface area contributed by atoms with Crippen LogP contribution in [0.25, 0.3) is 0 Å². The van der Waals surface area contributed by atoms with Crippen molar-refractivity contribution in [2.24, 2.45) is 0 Å². The van der Waals surface area contributed by atoms with Gasteiger partial charge >= 0.3 is 0 Å². The molecule has 116 valence electrons. The van der Waals surface area contributed by atoms with Gasteiger partial charge in [-0.1, -0.05) is 6.07 Å². The first-order chi connectivity index (χ1) is 10.9. The van der Waals surface area contributed by atoms with Gasteiger partial charge < -0.3 is 14.2 Å². The molecule has 2 aliphatic heterocycles. The summed E-state index contributed by atoms with van der Waals surface area (Å²) in [5, 5.41) is 7.11. The first-order valence-electron chi connectivity index (χ1n) is 7.60. The lowest BCUT2D eigenvalue weighted by molar-refractivity contribution is -0.0143. The van der Waals surface area contributed by atoms with Gasteiger partial charge in [0.05, 0.1) is 24.9 Å². The summed E-state index contributed by atoms with van der Waals surface area (Å²) in [6.07, 6.45) is 1.78. The molecule has 0 amide bonds.